The Morgan fingerprint density at radius 2 is 2.26 bits per heavy atom. The first-order chi connectivity index (χ1) is 9.10. The van der Waals surface area contributed by atoms with E-state index in [4.69, 9.17) is 13.9 Å². The summed E-state index contributed by atoms with van der Waals surface area (Å²) < 4.78 is 16.3. The van der Waals surface area contributed by atoms with Crippen LogP contribution >= 0.6 is 15.9 Å². The van der Waals surface area contributed by atoms with E-state index < -0.39 is 5.97 Å². The van der Waals surface area contributed by atoms with Crippen LogP contribution in [0.15, 0.2) is 33.4 Å². The summed E-state index contributed by atoms with van der Waals surface area (Å²) in [4.78, 5) is 15.3. The fourth-order valence-corrected chi connectivity index (χ4v) is 1.90. The molecule has 0 aliphatic carbocycles. The smallest absolute Gasteiger partial charge is 0.399 e. The molecule has 0 unspecified atom stereocenters. The highest BCUT2D eigenvalue weighted by Crippen LogP contribution is 2.27. The van der Waals surface area contributed by atoms with Crippen LogP contribution in [0.3, 0.4) is 0 Å². The van der Waals surface area contributed by atoms with Crippen LogP contribution in [0.4, 0.5) is 0 Å². The van der Waals surface area contributed by atoms with Gasteiger partial charge >= 0.3 is 12.0 Å². The molecule has 0 atom stereocenters. The van der Waals surface area contributed by atoms with Gasteiger partial charge in [-0.2, -0.15) is 4.98 Å². The molecule has 5 nitrogen and oxygen atoms in total. The van der Waals surface area contributed by atoms with Gasteiger partial charge in [0.15, 0.2) is 5.69 Å². The Labute approximate surface area is 118 Å². The summed E-state index contributed by atoms with van der Waals surface area (Å²) in [5, 5.41) is 0. The molecule has 0 fully saturated rings. The summed E-state index contributed by atoms with van der Waals surface area (Å²) in [5.41, 5.74) is 1.01. The van der Waals surface area contributed by atoms with Gasteiger partial charge in [0.05, 0.1) is 6.61 Å². The van der Waals surface area contributed by atoms with Crippen molar-refractivity contribution < 1.29 is 18.7 Å². The quantitative estimate of drug-likeness (QED) is 0.802. The second-order valence-corrected chi connectivity index (χ2v) is 4.65. The van der Waals surface area contributed by atoms with E-state index in [2.05, 4.69) is 20.9 Å². The molecule has 19 heavy (non-hydrogen) atoms. The lowest BCUT2D eigenvalue weighted by Gasteiger charge is -2.04. The number of halogens is 1. The molecular formula is C13H12BrNO4. The second kappa shape index (κ2) is 5.88. The number of oxazole rings is 1. The number of aromatic nitrogens is 1. The molecule has 6 heteroatoms. The Bertz CT molecular complexity index is 594. The van der Waals surface area contributed by atoms with Gasteiger partial charge in [0.2, 0.25) is 0 Å². The van der Waals surface area contributed by atoms with E-state index in [1.54, 1.807) is 13.0 Å². The Morgan fingerprint density at radius 3 is 2.95 bits per heavy atom. The van der Waals surface area contributed by atoms with Gasteiger partial charge in [-0.3, -0.25) is 0 Å². The standard InChI is InChI=1S/C13H12BrNO4/c1-3-17-12(16)10-7-18-13(15-10)19-11-5-4-9(14)6-8(11)2/h4-7H,3H2,1-2H3. The van der Waals surface area contributed by atoms with Crippen molar-refractivity contribution in [2.45, 2.75) is 13.8 Å². The Morgan fingerprint density at radius 1 is 1.47 bits per heavy atom. The Hall–Kier alpha value is -1.82. The highest BCUT2D eigenvalue weighted by atomic mass is 79.9. The third-order valence-corrected chi connectivity index (χ3v) is 2.80. The van der Waals surface area contributed by atoms with Crippen molar-refractivity contribution in [2.24, 2.45) is 0 Å². The molecule has 0 aliphatic heterocycles. The van der Waals surface area contributed by atoms with E-state index in [0.717, 1.165) is 10.0 Å². The van der Waals surface area contributed by atoms with Crippen molar-refractivity contribution in [2.75, 3.05) is 6.61 Å². The molecule has 0 N–H and O–H groups in total. The number of esters is 1. The lowest BCUT2D eigenvalue weighted by molar-refractivity contribution is 0.0519. The molecule has 0 radical (unpaired) electrons. The lowest BCUT2D eigenvalue weighted by atomic mass is 10.2. The highest BCUT2D eigenvalue weighted by Gasteiger charge is 2.15. The lowest BCUT2D eigenvalue weighted by Crippen LogP contribution is -2.04. The van der Waals surface area contributed by atoms with Gasteiger partial charge in [0, 0.05) is 4.47 Å². The predicted octanol–water partition coefficient (Wildman–Crippen LogP) is 3.71. The van der Waals surface area contributed by atoms with Crippen LogP contribution in [0.1, 0.15) is 23.0 Å². The summed E-state index contributed by atoms with van der Waals surface area (Å²) in [6.07, 6.45) is 1.22. The van der Waals surface area contributed by atoms with Crippen LogP contribution in [0.25, 0.3) is 0 Å². The van der Waals surface area contributed by atoms with Gasteiger partial charge in [-0.1, -0.05) is 15.9 Å². The topological polar surface area (TPSA) is 61.6 Å². The summed E-state index contributed by atoms with van der Waals surface area (Å²) in [6, 6.07) is 5.54. The Kier molecular flexibility index (Phi) is 4.21. The highest BCUT2D eigenvalue weighted by molar-refractivity contribution is 9.10. The largest absolute Gasteiger partial charge is 0.461 e. The fourth-order valence-electron chi connectivity index (χ4n) is 1.42. The van der Waals surface area contributed by atoms with Crippen molar-refractivity contribution in [1.82, 2.24) is 4.98 Å². The van der Waals surface area contributed by atoms with E-state index >= 15 is 0 Å². The molecule has 1 aromatic carbocycles. The number of carbonyl (C=O) groups excluding carboxylic acids is 1. The molecular weight excluding hydrogens is 314 g/mol. The molecule has 0 spiro atoms. The van der Waals surface area contributed by atoms with Gasteiger partial charge in [-0.25, -0.2) is 4.79 Å². The molecule has 2 rings (SSSR count). The van der Waals surface area contributed by atoms with Crippen LogP contribution in [0.2, 0.25) is 0 Å². The third-order valence-electron chi connectivity index (χ3n) is 2.30. The van der Waals surface area contributed by atoms with Crippen LogP contribution in [-0.4, -0.2) is 17.6 Å². The summed E-state index contributed by atoms with van der Waals surface area (Å²) in [5.74, 6) is 0.0779. The molecule has 0 saturated heterocycles. The minimum absolute atomic E-state index is 0.00785. The zero-order valence-corrected chi connectivity index (χ0v) is 12.1. The van der Waals surface area contributed by atoms with Gasteiger partial charge in [-0.05, 0) is 37.6 Å². The minimum atomic E-state index is -0.534. The fraction of sp³-hybridized carbons (Fsp3) is 0.231. The van der Waals surface area contributed by atoms with Crippen LogP contribution in [0.5, 0.6) is 11.8 Å². The van der Waals surface area contributed by atoms with Gasteiger partial charge in [-0.15, -0.1) is 0 Å². The van der Waals surface area contributed by atoms with Crippen molar-refractivity contribution in [3.8, 4) is 11.8 Å². The number of carbonyl (C=O) groups is 1. The number of aryl methyl sites for hydroxylation is 1. The minimum Gasteiger partial charge on any atom is -0.461 e. The third kappa shape index (κ3) is 3.35. The first kappa shape index (κ1) is 13.6. The van der Waals surface area contributed by atoms with Crippen molar-refractivity contribution in [3.63, 3.8) is 0 Å². The monoisotopic (exact) mass is 325 g/mol. The maximum atomic E-state index is 11.4. The molecule has 1 aromatic heterocycles. The molecule has 0 amide bonds. The predicted molar refractivity (Wildman–Crippen MR) is 71.4 cm³/mol. The summed E-state index contributed by atoms with van der Waals surface area (Å²) in [6.45, 7) is 3.91. The molecule has 0 bridgehead atoms. The van der Waals surface area contributed by atoms with Gasteiger partial charge in [0.25, 0.3) is 0 Å². The summed E-state index contributed by atoms with van der Waals surface area (Å²) >= 11 is 3.37. The summed E-state index contributed by atoms with van der Waals surface area (Å²) in [7, 11) is 0. The van der Waals surface area contributed by atoms with Crippen LogP contribution in [0, 0.1) is 6.92 Å². The van der Waals surface area contributed by atoms with E-state index in [1.165, 1.54) is 6.26 Å². The van der Waals surface area contributed by atoms with Crippen LogP contribution < -0.4 is 4.74 Å². The number of hydrogen-bond acceptors (Lipinski definition) is 5. The zero-order valence-electron chi connectivity index (χ0n) is 10.5. The number of nitrogens with zero attached hydrogens (tertiary/aromatic N) is 1. The number of hydrogen-bond donors (Lipinski definition) is 0. The van der Waals surface area contributed by atoms with Crippen molar-refractivity contribution in [3.05, 3.63) is 40.2 Å². The maximum absolute atomic E-state index is 11.4. The normalized spacial score (nSPS) is 10.3. The van der Waals surface area contributed by atoms with Crippen molar-refractivity contribution >= 4 is 21.9 Å². The van der Waals surface area contributed by atoms with Crippen LogP contribution in [-0.2, 0) is 4.74 Å². The van der Waals surface area contributed by atoms with Gasteiger partial charge in [0.1, 0.15) is 12.0 Å². The number of rotatable bonds is 4. The number of benzene rings is 1. The SMILES string of the molecule is CCOC(=O)c1coc(Oc2ccc(Br)cc2C)n1. The second-order valence-electron chi connectivity index (χ2n) is 3.73. The average Bonchev–Trinajstić information content (AvgIpc) is 2.82. The molecule has 2 aromatic rings. The van der Waals surface area contributed by atoms with E-state index in [9.17, 15) is 4.79 Å². The molecule has 0 saturated carbocycles. The van der Waals surface area contributed by atoms with E-state index in [1.807, 2.05) is 19.1 Å². The van der Waals surface area contributed by atoms with Crippen molar-refractivity contribution in [1.29, 1.82) is 0 Å². The average molecular weight is 326 g/mol. The zero-order chi connectivity index (χ0) is 13.8. The molecule has 0 aliphatic rings. The Balaban J connectivity index is 2.13. The van der Waals surface area contributed by atoms with E-state index in [-0.39, 0.29) is 18.4 Å². The van der Waals surface area contributed by atoms with E-state index in [0.29, 0.717) is 5.75 Å². The number of ether oxygens (including phenoxy) is 2. The first-order valence-corrected chi connectivity index (χ1v) is 6.46. The first-order valence-electron chi connectivity index (χ1n) is 5.67. The van der Waals surface area contributed by atoms with Gasteiger partial charge < -0.3 is 13.9 Å². The molecule has 100 valence electrons. The molecule has 1 heterocycles. The maximum Gasteiger partial charge on any atom is 0.399 e.